The van der Waals surface area contributed by atoms with Crippen molar-refractivity contribution in [3.8, 4) is 11.1 Å². The van der Waals surface area contributed by atoms with Crippen LogP contribution in [0.1, 0.15) is 0 Å². The Bertz CT molecular complexity index is 848. The second-order valence-corrected chi connectivity index (χ2v) is 14.0. The predicted octanol–water partition coefficient (Wildman–Crippen LogP) is 5.12. The van der Waals surface area contributed by atoms with Gasteiger partial charge in [-0.15, -0.1) is 0 Å². The molecule has 0 amide bonds. The lowest BCUT2D eigenvalue weighted by molar-refractivity contribution is 0.0786. The van der Waals surface area contributed by atoms with E-state index < -0.39 is 8.07 Å². The van der Waals surface area contributed by atoms with Crippen LogP contribution in [0.5, 0.6) is 0 Å². The van der Waals surface area contributed by atoms with Crippen molar-refractivity contribution in [3.05, 3.63) is 41.3 Å². The summed E-state index contributed by atoms with van der Waals surface area (Å²) < 4.78 is 10.9. The van der Waals surface area contributed by atoms with Crippen LogP contribution in [0.3, 0.4) is 0 Å². The first-order valence-electron chi connectivity index (χ1n) is 8.19. The third kappa shape index (κ3) is 3.99. The van der Waals surface area contributed by atoms with Gasteiger partial charge < -0.3 is 9.30 Å². The van der Waals surface area contributed by atoms with Gasteiger partial charge in [-0.2, -0.15) is 5.10 Å². The zero-order chi connectivity index (χ0) is 17.3. The molecule has 6 heteroatoms. The maximum absolute atomic E-state index is 5.78. The second-order valence-electron chi connectivity index (χ2n) is 7.43. The van der Waals surface area contributed by atoms with Crippen LogP contribution in [0.2, 0.25) is 25.7 Å². The number of fused-ring (bicyclic) bond motifs is 1. The number of rotatable bonds is 6. The minimum Gasteiger partial charge on any atom is -0.360 e. The van der Waals surface area contributed by atoms with Crippen LogP contribution in [0, 0.1) is 0 Å². The van der Waals surface area contributed by atoms with Gasteiger partial charge in [-0.05, 0) is 24.2 Å². The van der Waals surface area contributed by atoms with Crippen LogP contribution < -0.4 is 0 Å². The Morgan fingerprint density at radius 3 is 2.75 bits per heavy atom. The minimum absolute atomic E-state index is 0.513. The number of aryl methyl sites for hydroxylation is 1. The van der Waals surface area contributed by atoms with Crippen LogP contribution in [-0.2, 0) is 18.5 Å². The minimum atomic E-state index is -1.04. The quantitative estimate of drug-likeness (QED) is 0.421. The molecule has 0 unspecified atom stereocenters. The largest absolute Gasteiger partial charge is 0.360 e. The van der Waals surface area contributed by atoms with Crippen molar-refractivity contribution in [3.63, 3.8) is 0 Å². The first-order chi connectivity index (χ1) is 11.3. The lowest BCUT2D eigenvalue weighted by Crippen LogP contribution is -2.22. The topological polar surface area (TPSA) is 32.0 Å². The number of aromatic nitrogens is 3. The van der Waals surface area contributed by atoms with E-state index >= 15 is 0 Å². The molecule has 0 spiro atoms. The molecule has 2 aromatic heterocycles. The molecule has 4 nitrogen and oxygen atoms in total. The van der Waals surface area contributed by atoms with Crippen LogP contribution in [0.15, 0.2) is 41.3 Å². The van der Waals surface area contributed by atoms with E-state index in [2.05, 4.69) is 82.9 Å². The van der Waals surface area contributed by atoms with E-state index in [1.807, 2.05) is 10.9 Å². The van der Waals surface area contributed by atoms with Gasteiger partial charge in [0.05, 0.1) is 6.20 Å². The lowest BCUT2D eigenvalue weighted by atomic mass is 10.1. The van der Waals surface area contributed by atoms with Crippen LogP contribution >= 0.6 is 15.9 Å². The molecule has 0 bridgehead atoms. The molecule has 3 aromatic rings. The van der Waals surface area contributed by atoms with Crippen LogP contribution in [0.25, 0.3) is 22.0 Å². The molecule has 0 radical (unpaired) electrons. The van der Waals surface area contributed by atoms with E-state index in [0.29, 0.717) is 6.73 Å². The summed E-state index contributed by atoms with van der Waals surface area (Å²) in [5.74, 6) is 0. The zero-order valence-corrected chi connectivity index (χ0v) is 17.3. The fourth-order valence-corrected chi connectivity index (χ4v) is 3.82. The summed E-state index contributed by atoms with van der Waals surface area (Å²) in [6.45, 7) is 8.41. The van der Waals surface area contributed by atoms with Crippen molar-refractivity contribution in [2.45, 2.75) is 32.4 Å². The second kappa shape index (κ2) is 6.86. The van der Waals surface area contributed by atoms with Crippen LogP contribution in [-0.4, -0.2) is 29.0 Å². The van der Waals surface area contributed by atoms with E-state index in [0.717, 1.165) is 16.6 Å². The van der Waals surface area contributed by atoms with Gasteiger partial charge in [-0.1, -0.05) is 35.6 Å². The van der Waals surface area contributed by atoms with Gasteiger partial charge in [0.1, 0.15) is 6.73 Å². The fraction of sp³-hybridized carbons (Fsp3) is 0.389. The van der Waals surface area contributed by atoms with Gasteiger partial charge in [-0.25, -0.2) is 4.68 Å². The molecular formula is C18H24BrN3OSi. The van der Waals surface area contributed by atoms with Gasteiger partial charge in [0.2, 0.25) is 0 Å². The highest BCUT2D eigenvalue weighted by molar-refractivity contribution is 9.10. The molecule has 0 atom stereocenters. The standard InChI is InChI=1S/C18H24BrN3OSi/c1-21-12-17(16-9-15(19)5-6-18(16)21)14-10-20-22(11-14)13-23-7-8-24(2,3)4/h5-6,9-12H,7-8,13H2,1-4H3. The third-order valence-corrected chi connectivity index (χ3v) is 6.31. The summed E-state index contributed by atoms with van der Waals surface area (Å²) in [6.07, 6.45) is 6.13. The summed E-state index contributed by atoms with van der Waals surface area (Å²) in [4.78, 5) is 0. The highest BCUT2D eigenvalue weighted by Crippen LogP contribution is 2.31. The van der Waals surface area contributed by atoms with Gasteiger partial charge in [0.15, 0.2) is 0 Å². The van der Waals surface area contributed by atoms with Crippen molar-refractivity contribution >= 4 is 34.9 Å². The zero-order valence-electron chi connectivity index (χ0n) is 14.7. The Labute approximate surface area is 152 Å². The molecule has 0 N–H and O–H groups in total. The average Bonchev–Trinajstić information content (AvgIpc) is 3.07. The molecule has 0 aliphatic heterocycles. The molecule has 128 valence electrons. The number of hydrogen-bond donors (Lipinski definition) is 0. The Morgan fingerprint density at radius 1 is 1.21 bits per heavy atom. The molecule has 0 aliphatic carbocycles. The number of nitrogens with zero attached hydrogens (tertiary/aromatic N) is 3. The maximum Gasteiger partial charge on any atom is 0.139 e. The normalized spacial score (nSPS) is 12.2. The molecule has 0 fully saturated rings. The molecule has 2 heterocycles. The van der Waals surface area contributed by atoms with Crippen molar-refractivity contribution in [1.29, 1.82) is 0 Å². The smallest absolute Gasteiger partial charge is 0.139 e. The van der Waals surface area contributed by atoms with E-state index in [4.69, 9.17) is 4.74 Å². The summed E-state index contributed by atoms with van der Waals surface area (Å²) >= 11 is 3.56. The van der Waals surface area contributed by atoms with Gasteiger partial charge in [-0.3, -0.25) is 0 Å². The summed E-state index contributed by atoms with van der Waals surface area (Å²) in [7, 11) is 1.04. The number of ether oxygens (including phenoxy) is 1. The molecule has 3 rings (SSSR count). The number of halogens is 1. The first-order valence-corrected chi connectivity index (χ1v) is 12.7. The molecule has 0 saturated carbocycles. The van der Waals surface area contributed by atoms with E-state index in [1.54, 1.807) is 0 Å². The molecular weight excluding hydrogens is 382 g/mol. The number of hydrogen-bond acceptors (Lipinski definition) is 2. The van der Waals surface area contributed by atoms with Gasteiger partial charge >= 0.3 is 0 Å². The maximum atomic E-state index is 5.78. The Balaban J connectivity index is 1.75. The summed E-state index contributed by atoms with van der Waals surface area (Å²) in [5, 5.41) is 5.67. The monoisotopic (exact) mass is 405 g/mol. The molecule has 24 heavy (non-hydrogen) atoms. The predicted molar refractivity (Wildman–Crippen MR) is 106 cm³/mol. The van der Waals surface area contributed by atoms with Crippen molar-refractivity contribution < 1.29 is 4.74 Å². The molecule has 0 saturated heterocycles. The van der Waals surface area contributed by atoms with Gasteiger partial charge in [0.25, 0.3) is 0 Å². The summed E-state index contributed by atoms with van der Waals surface area (Å²) in [5.41, 5.74) is 3.53. The SMILES string of the molecule is Cn1cc(-c2cnn(COCC[Si](C)(C)C)c2)c2cc(Br)ccc21. The van der Waals surface area contributed by atoms with Crippen molar-refractivity contribution in [1.82, 2.24) is 14.3 Å². The highest BCUT2D eigenvalue weighted by Gasteiger charge is 2.13. The Hall–Kier alpha value is -1.37. The fourth-order valence-electron chi connectivity index (χ4n) is 2.70. The van der Waals surface area contributed by atoms with Crippen molar-refractivity contribution in [2.24, 2.45) is 7.05 Å². The van der Waals surface area contributed by atoms with E-state index in [9.17, 15) is 0 Å². The molecule has 1 aromatic carbocycles. The third-order valence-electron chi connectivity index (χ3n) is 4.12. The van der Waals surface area contributed by atoms with Crippen LogP contribution in [0.4, 0.5) is 0 Å². The van der Waals surface area contributed by atoms with E-state index in [1.165, 1.54) is 22.5 Å². The van der Waals surface area contributed by atoms with E-state index in [-0.39, 0.29) is 0 Å². The Morgan fingerprint density at radius 2 is 2.00 bits per heavy atom. The summed E-state index contributed by atoms with van der Waals surface area (Å²) in [6, 6.07) is 7.54. The van der Waals surface area contributed by atoms with Gasteiger partial charge in [0, 0.05) is 60.6 Å². The first kappa shape index (κ1) is 17.4. The highest BCUT2D eigenvalue weighted by atomic mass is 79.9. The Kier molecular flexibility index (Phi) is 4.99. The number of benzene rings is 1. The lowest BCUT2D eigenvalue weighted by Gasteiger charge is -2.15. The average molecular weight is 406 g/mol. The van der Waals surface area contributed by atoms with Crippen molar-refractivity contribution in [2.75, 3.05) is 6.61 Å². The molecule has 0 aliphatic rings.